The molecule has 0 amide bonds. The maximum atomic E-state index is 6.07. The third-order valence-corrected chi connectivity index (χ3v) is 3.74. The van der Waals surface area contributed by atoms with Crippen molar-refractivity contribution in [3.8, 4) is 11.5 Å². The fourth-order valence-electron chi connectivity index (χ4n) is 2.30. The molecule has 0 saturated carbocycles. The summed E-state index contributed by atoms with van der Waals surface area (Å²) >= 11 is 0. The van der Waals surface area contributed by atoms with Gasteiger partial charge in [-0.05, 0) is 53.6 Å². The van der Waals surface area contributed by atoms with Gasteiger partial charge in [0.1, 0.15) is 11.5 Å². The molecule has 0 spiro atoms. The van der Waals surface area contributed by atoms with E-state index in [0.29, 0.717) is 6.54 Å². The number of hydrogen-bond acceptors (Lipinski definition) is 2. The van der Waals surface area contributed by atoms with Crippen molar-refractivity contribution in [3.63, 3.8) is 0 Å². The SMILES string of the molecule is Cc1cc(CN)ccc1Oc1ccc(C(C)(C)C)cc1C. The van der Waals surface area contributed by atoms with Gasteiger partial charge in [0.2, 0.25) is 0 Å². The Labute approximate surface area is 127 Å². The molecular formula is C19H25NO. The van der Waals surface area contributed by atoms with E-state index < -0.39 is 0 Å². The van der Waals surface area contributed by atoms with Crippen LogP contribution in [0.3, 0.4) is 0 Å². The molecule has 2 N–H and O–H groups in total. The van der Waals surface area contributed by atoms with E-state index in [1.165, 1.54) is 5.56 Å². The number of aryl methyl sites for hydroxylation is 2. The lowest BCUT2D eigenvalue weighted by Gasteiger charge is -2.21. The molecule has 2 aromatic rings. The Morgan fingerprint density at radius 3 is 1.95 bits per heavy atom. The van der Waals surface area contributed by atoms with Gasteiger partial charge < -0.3 is 10.5 Å². The van der Waals surface area contributed by atoms with Crippen LogP contribution in [0.2, 0.25) is 0 Å². The van der Waals surface area contributed by atoms with Crippen LogP contribution in [0.4, 0.5) is 0 Å². The Balaban J connectivity index is 2.28. The molecule has 0 aromatic heterocycles. The lowest BCUT2D eigenvalue weighted by molar-refractivity contribution is 0.473. The van der Waals surface area contributed by atoms with E-state index in [4.69, 9.17) is 10.5 Å². The highest BCUT2D eigenvalue weighted by Crippen LogP contribution is 2.31. The van der Waals surface area contributed by atoms with Gasteiger partial charge in [0.05, 0.1) is 0 Å². The zero-order valence-electron chi connectivity index (χ0n) is 13.7. The Kier molecular flexibility index (Phi) is 4.38. The standard InChI is InChI=1S/C19H25NO/c1-13-10-15(12-20)6-8-17(13)21-18-9-7-16(11-14(18)2)19(3,4)5/h6-11H,12,20H2,1-5H3. The van der Waals surface area contributed by atoms with Crippen molar-refractivity contribution in [1.29, 1.82) is 0 Å². The second-order valence-corrected chi connectivity index (χ2v) is 6.64. The quantitative estimate of drug-likeness (QED) is 0.873. The van der Waals surface area contributed by atoms with Crippen molar-refractivity contribution in [2.24, 2.45) is 5.73 Å². The highest BCUT2D eigenvalue weighted by atomic mass is 16.5. The Bertz CT molecular complexity index is 638. The van der Waals surface area contributed by atoms with Crippen molar-refractivity contribution >= 4 is 0 Å². The van der Waals surface area contributed by atoms with Crippen molar-refractivity contribution in [1.82, 2.24) is 0 Å². The summed E-state index contributed by atoms with van der Waals surface area (Å²) in [4.78, 5) is 0. The summed E-state index contributed by atoms with van der Waals surface area (Å²) in [6, 6.07) is 12.5. The topological polar surface area (TPSA) is 35.2 Å². The first kappa shape index (κ1) is 15.6. The van der Waals surface area contributed by atoms with E-state index in [0.717, 1.165) is 28.2 Å². The monoisotopic (exact) mass is 283 g/mol. The van der Waals surface area contributed by atoms with Crippen LogP contribution >= 0.6 is 0 Å². The lowest BCUT2D eigenvalue weighted by atomic mass is 9.86. The fourth-order valence-corrected chi connectivity index (χ4v) is 2.30. The second kappa shape index (κ2) is 5.90. The minimum atomic E-state index is 0.155. The van der Waals surface area contributed by atoms with Crippen LogP contribution in [0, 0.1) is 13.8 Å². The maximum absolute atomic E-state index is 6.07. The number of benzene rings is 2. The third-order valence-electron chi connectivity index (χ3n) is 3.74. The van der Waals surface area contributed by atoms with Gasteiger partial charge in [-0.15, -0.1) is 0 Å². The van der Waals surface area contributed by atoms with Crippen LogP contribution in [0.25, 0.3) is 0 Å². The molecule has 112 valence electrons. The molecule has 2 nitrogen and oxygen atoms in total. The van der Waals surface area contributed by atoms with Crippen LogP contribution in [-0.4, -0.2) is 0 Å². The number of hydrogen-bond donors (Lipinski definition) is 1. The molecule has 0 bridgehead atoms. The molecule has 0 radical (unpaired) electrons. The minimum absolute atomic E-state index is 0.155. The zero-order valence-corrected chi connectivity index (χ0v) is 13.7. The zero-order chi connectivity index (χ0) is 15.6. The van der Waals surface area contributed by atoms with E-state index in [9.17, 15) is 0 Å². The molecule has 0 unspecified atom stereocenters. The van der Waals surface area contributed by atoms with Gasteiger partial charge in [-0.25, -0.2) is 0 Å². The molecular weight excluding hydrogens is 258 g/mol. The predicted molar refractivity (Wildman–Crippen MR) is 89.0 cm³/mol. The summed E-state index contributed by atoms with van der Waals surface area (Å²) in [6.07, 6.45) is 0. The molecule has 2 rings (SSSR count). The lowest BCUT2D eigenvalue weighted by Crippen LogP contribution is -2.11. The molecule has 0 heterocycles. The average Bonchev–Trinajstić information content (AvgIpc) is 2.41. The molecule has 21 heavy (non-hydrogen) atoms. The van der Waals surface area contributed by atoms with Crippen LogP contribution in [0.1, 0.15) is 43.0 Å². The predicted octanol–water partition coefficient (Wildman–Crippen LogP) is 4.85. The molecule has 0 atom stereocenters. The highest BCUT2D eigenvalue weighted by Gasteiger charge is 2.15. The van der Waals surface area contributed by atoms with Gasteiger partial charge in [0.15, 0.2) is 0 Å². The van der Waals surface area contributed by atoms with Crippen molar-refractivity contribution < 1.29 is 4.74 Å². The number of nitrogens with two attached hydrogens (primary N) is 1. The number of rotatable bonds is 3. The van der Waals surface area contributed by atoms with Crippen molar-refractivity contribution in [3.05, 3.63) is 58.7 Å². The van der Waals surface area contributed by atoms with Gasteiger partial charge >= 0.3 is 0 Å². The first-order chi connectivity index (χ1) is 9.81. The smallest absolute Gasteiger partial charge is 0.130 e. The first-order valence-corrected chi connectivity index (χ1v) is 7.40. The Morgan fingerprint density at radius 2 is 1.48 bits per heavy atom. The molecule has 0 aliphatic carbocycles. The van der Waals surface area contributed by atoms with Gasteiger partial charge in [0.25, 0.3) is 0 Å². The van der Waals surface area contributed by atoms with Gasteiger partial charge in [0, 0.05) is 6.54 Å². The normalized spacial score (nSPS) is 11.5. The highest BCUT2D eigenvalue weighted by molar-refractivity contribution is 5.44. The summed E-state index contributed by atoms with van der Waals surface area (Å²) < 4.78 is 6.07. The minimum Gasteiger partial charge on any atom is -0.457 e. The summed E-state index contributed by atoms with van der Waals surface area (Å²) in [5.74, 6) is 1.80. The summed E-state index contributed by atoms with van der Waals surface area (Å²) in [5.41, 5.74) is 10.5. The van der Waals surface area contributed by atoms with Gasteiger partial charge in [-0.3, -0.25) is 0 Å². The first-order valence-electron chi connectivity index (χ1n) is 7.40. The summed E-state index contributed by atoms with van der Waals surface area (Å²) in [5, 5.41) is 0. The molecule has 0 fully saturated rings. The van der Waals surface area contributed by atoms with Crippen LogP contribution in [-0.2, 0) is 12.0 Å². The van der Waals surface area contributed by atoms with Gasteiger partial charge in [-0.1, -0.05) is 45.0 Å². The molecule has 0 saturated heterocycles. The van der Waals surface area contributed by atoms with Crippen LogP contribution in [0.15, 0.2) is 36.4 Å². The number of ether oxygens (including phenoxy) is 1. The van der Waals surface area contributed by atoms with Gasteiger partial charge in [-0.2, -0.15) is 0 Å². The fraction of sp³-hybridized carbons (Fsp3) is 0.368. The molecule has 0 aliphatic heterocycles. The van der Waals surface area contributed by atoms with Crippen molar-refractivity contribution in [2.45, 2.75) is 46.6 Å². The Morgan fingerprint density at radius 1 is 0.905 bits per heavy atom. The largest absolute Gasteiger partial charge is 0.457 e. The molecule has 2 heteroatoms. The second-order valence-electron chi connectivity index (χ2n) is 6.64. The van der Waals surface area contributed by atoms with E-state index in [2.05, 4.69) is 52.0 Å². The summed E-state index contributed by atoms with van der Waals surface area (Å²) in [6.45, 7) is 11.4. The molecule has 0 aliphatic rings. The summed E-state index contributed by atoms with van der Waals surface area (Å²) in [7, 11) is 0. The van der Waals surface area contributed by atoms with E-state index in [1.54, 1.807) is 0 Å². The average molecular weight is 283 g/mol. The maximum Gasteiger partial charge on any atom is 0.130 e. The van der Waals surface area contributed by atoms with Crippen LogP contribution in [0.5, 0.6) is 11.5 Å². The van der Waals surface area contributed by atoms with Crippen LogP contribution < -0.4 is 10.5 Å². The molecule has 2 aromatic carbocycles. The Hall–Kier alpha value is -1.80. The third kappa shape index (κ3) is 3.64. The van der Waals surface area contributed by atoms with E-state index in [-0.39, 0.29) is 5.41 Å². The van der Waals surface area contributed by atoms with E-state index >= 15 is 0 Å². The van der Waals surface area contributed by atoms with Crippen molar-refractivity contribution in [2.75, 3.05) is 0 Å². The van der Waals surface area contributed by atoms with E-state index in [1.807, 2.05) is 19.1 Å².